The maximum absolute atomic E-state index is 12.1. The molecular formula is C16H17ClN2O3. The van der Waals surface area contributed by atoms with Gasteiger partial charge in [-0.2, -0.15) is 0 Å². The summed E-state index contributed by atoms with van der Waals surface area (Å²) in [4.78, 5) is 23.2. The molecule has 2 aromatic rings. The predicted octanol–water partition coefficient (Wildman–Crippen LogP) is 2.83. The number of hydrogen-bond acceptors (Lipinski definition) is 2. The van der Waals surface area contributed by atoms with E-state index in [2.05, 4.69) is 11.9 Å². The molecule has 1 aromatic heterocycles. The highest BCUT2D eigenvalue weighted by Gasteiger charge is 2.19. The summed E-state index contributed by atoms with van der Waals surface area (Å²) in [6, 6.07) is 6.40. The Balaban J connectivity index is 2.08. The molecule has 0 radical (unpaired) electrons. The Hall–Kier alpha value is -2.27. The van der Waals surface area contributed by atoms with Crippen LogP contribution in [0.15, 0.2) is 43.1 Å². The van der Waals surface area contributed by atoms with Gasteiger partial charge in [0.2, 0.25) is 5.91 Å². The molecule has 5 nitrogen and oxygen atoms in total. The molecule has 0 saturated heterocycles. The van der Waals surface area contributed by atoms with E-state index in [-0.39, 0.29) is 12.5 Å². The Kier molecular flexibility index (Phi) is 5.22. The van der Waals surface area contributed by atoms with Crippen molar-refractivity contribution in [2.45, 2.75) is 25.4 Å². The number of benzene rings is 1. The minimum atomic E-state index is -1.05. The first-order chi connectivity index (χ1) is 10.5. The van der Waals surface area contributed by atoms with Crippen LogP contribution in [0.2, 0.25) is 5.02 Å². The van der Waals surface area contributed by atoms with E-state index in [1.165, 1.54) is 0 Å². The van der Waals surface area contributed by atoms with E-state index in [1.54, 1.807) is 29.0 Å². The number of fused-ring (bicyclic) bond motifs is 1. The van der Waals surface area contributed by atoms with Gasteiger partial charge in [0.1, 0.15) is 12.6 Å². The number of aromatic nitrogens is 1. The Labute approximate surface area is 133 Å². The summed E-state index contributed by atoms with van der Waals surface area (Å²) in [6.07, 6.45) is 4.26. The van der Waals surface area contributed by atoms with Crippen LogP contribution in [0.1, 0.15) is 12.8 Å². The summed E-state index contributed by atoms with van der Waals surface area (Å²) < 4.78 is 1.74. The van der Waals surface area contributed by atoms with E-state index in [0.717, 1.165) is 10.9 Å². The minimum absolute atomic E-state index is 0.0434. The molecule has 1 aromatic carbocycles. The molecule has 2 N–H and O–H groups in total. The van der Waals surface area contributed by atoms with Crippen molar-refractivity contribution in [2.75, 3.05) is 0 Å². The molecule has 22 heavy (non-hydrogen) atoms. The number of hydrogen-bond donors (Lipinski definition) is 2. The summed E-state index contributed by atoms with van der Waals surface area (Å²) in [7, 11) is 0. The van der Waals surface area contributed by atoms with Crippen molar-refractivity contribution < 1.29 is 14.7 Å². The van der Waals surface area contributed by atoms with Gasteiger partial charge in [0.05, 0.1) is 0 Å². The molecule has 0 aliphatic rings. The van der Waals surface area contributed by atoms with Crippen LogP contribution in [-0.2, 0) is 16.1 Å². The van der Waals surface area contributed by atoms with Gasteiger partial charge < -0.3 is 15.0 Å². The number of carboxylic acids is 1. The molecule has 0 saturated carbocycles. The first-order valence-electron chi connectivity index (χ1n) is 6.88. The van der Waals surface area contributed by atoms with Crippen LogP contribution in [0, 0.1) is 0 Å². The lowest BCUT2D eigenvalue weighted by Gasteiger charge is -2.14. The second-order valence-electron chi connectivity index (χ2n) is 4.97. The van der Waals surface area contributed by atoms with Gasteiger partial charge in [0.15, 0.2) is 0 Å². The second kappa shape index (κ2) is 7.13. The molecule has 0 aliphatic carbocycles. The van der Waals surface area contributed by atoms with E-state index >= 15 is 0 Å². The van der Waals surface area contributed by atoms with Crippen molar-refractivity contribution in [3.63, 3.8) is 0 Å². The average Bonchev–Trinajstić information content (AvgIpc) is 2.85. The van der Waals surface area contributed by atoms with E-state index in [9.17, 15) is 9.59 Å². The van der Waals surface area contributed by atoms with Crippen LogP contribution in [0.3, 0.4) is 0 Å². The first-order valence-corrected chi connectivity index (χ1v) is 7.26. The molecule has 1 atom stereocenters. The highest BCUT2D eigenvalue weighted by molar-refractivity contribution is 6.31. The molecule has 1 amide bonds. The Morgan fingerprint density at radius 1 is 1.41 bits per heavy atom. The molecule has 0 fully saturated rings. The lowest BCUT2D eigenvalue weighted by Crippen LogP contribution is -2.42. The normalized spacial score (nSPS) is 12.0. The Morgan fingerprint density at radius 2 is 2.18 bits per heavy atom. The lowest BCUT2D eigenvalue weighted by atomic mass is 10.1. The molecule has 2 rings (SSSR count). The Morgan fingerprint density at radius 3 is 2.86 bits per heavy atom. The van der Waals surface area contributed by atoms with E-state index in [4.69, 9.17) is 16.7 Å². The summed E-state index contributed by atoms with van der Waals surface area (Å²) in [5, 5.41) is 13.2. The fourth-order valence-electron chi connectivity index (χ4n) is 2.23. The van der Waals surface area contributed by atoms with Crippen LogP contribution >= 0.6 is 11.6 Å². The minimum Gasteiger partial charge on any atom is -0.480 e. The van der Waals surface area contributed by atoms with Gasteiger partial charge in [0.25, 0.3) is 0 Å². The average molecular weight is 321 g/mol. The van der Waals surface area contributed by atoms with Gasteiger partial charge in [-0.3, -0.25) is 4.79 Å². The number of allylic oxidation sites excluding steroid dienone is 1. The van der Waals surface area contributed by atoms with Crippen molar-refractivity contribution >= 4 is 34.4 Å². The number of nitrogens with zero attached hydrogens (tertiary/aromatic N) is 1. The first kappa shape index (κ1) is 16.1. The second-order valence-corrected chi connectivity index (χ2v) is 5.41. The zero-order chi connectivity index (χ0) is 16.1. The van der Waals surface area contributed by atoms with Gasteiger partial charge in [0, 0.05) is 16.7 Å². The highest BCUT2D eigenvalue weighted by atomic mass is 35.5. The van der Waals surface area contributed by atoms with Crippen molar-refractivity contribution in [3.8, 4) is 0 Å². The standard InChI is InChI=1S/C16H17ClN2O3/c1-2-3-4-13(16(21)22)18-15(20)10-19-8-7-11-5-6-12(17)9-14(11)19/h2,5-9,13H,1,3-4,10H2,(H,18,20)(H,21,22). The molecular weight excluding hydrogens is 304 g/mol. The number of nitrogens with one attached hydrogen (secondary N) is 1. The molecule has 0 aliphatic heterocycles. The van der Waals surface area contributed by atoms with Crippen molar-refractivity contribution in [1.29, 1.82) is 0 Å². The number of carbonyl (C=O) groups excluding carboxylic acids is 1. The van der Waals surface area contributed by atoms with E-state index < -0.39 is 12.0 Å². The maximum atomic E-state index is 12.1. The molecule has 1 heterocycles. The van der Waals surface area contributed by atoms with E-state index in [1.807, 2.05) is 12.1 Å². The van der Waals surface area contributed by atoms with Gasteiger partial charge in [-0.25, -0.2) is 4.79 Å². The number of amides is 1. The third-order valence-corrected chi connectivity index (χ3v) is 3.58. The van der Waals surface area contributed by atoms with Gasteiger partial charge >= 0.3 is 5.97 Å². The van der Waals surface area contributed by atoms with Crippen molar-refractivity contribution in [1.82, 2.24) is 9.88 Å². The van der Waals surface area contributed by atoms with Crippen LogP contribution in [-0.4, -0.2) is 27.6 Å². The summed E-state index contributed by atoms with van der Waals surface area (Å²) in [5.74, 6) is -1.40. The van der Waals surface area contributed by atoms with Crippen LogP contribution in [0.4, 0.5) is 0 Å². The smallest absolute Gasteiger partial charge is 0.326 e. The fourth-order valence-corrected chi connectivity index (χ4v) is 2.40. The lowest BCUT2D eigenvalue weighted by molar-refractivity contribution is -0.142. The largest absolute Gasteiger partial charge is 0.480 e. The molecule has 1 unspecified atom stereocenters. The number of aliphatic carboxylic acids is 1. The molecule has 116 valence electrons. The summed E-state index contributed by atoms with van der Waals surface area (Å²) in [5.41, 5.74) is 0.834. The summed E-state index contributed by atoms with van der Waals surface area (Å²) in [6.45, 7) is 3.60. The SMILES string of the molecule is C=CCCC(NC(=O)Cn1ccc2ccc(Cl)cc21)C(=O)O. The molecule has 0 spiro atoms. The van der Waals surface area contributed by atoms with Crippen molar-refractivity contribution in [2.24, 2.45) is 0 Å². The quantitative estimate of drug-likeness (QED) is 0.771. The summed E-state index contributed by atoms with van der Waals surface area (Å²) >= 11 is 5.97. The van der Waals surface area contributed by atoms with E-state index in [0.29, 0.717) is 17.9 Å². The zero-order valence-corrected chi connectivity index (χ0v) is 12.7. The highest BCUT2D eigenvalue weighted by Crippen LogP contribution is 2.20. The van der Waals surface area contributed by atoms with Crippen LogP contribution < -0.4 is 5.32 Å². The third-order valence-electron chi connectivity index (χ3n) is 3.34. The van der Waals surface area contributed by atoms with Gasteiger partial charge in [-0.15, -0.1) is 6.58 Å². The monoisotopic (exact) mass is 320 g/mol. The number of carbonyl (C=O) groups is 2. The Bertz CT molecular complexity index is 708. The predicted molar refractivity (Wildman–Crippen MR) is 85.9 cm³/mol. The van der Waals surface area contributed by atoms with Gasteiger partial charge in [-0.1, -0.05) is 23.7 Å². The van der Waals surface area contributed by atoms with Gasteiger partial charge in [-0.05, 0) is 36.4 Å². The molecule has 6 heteroatoms. The van der Waals surface area contributed by atoms with Crippen LogP contribution in [0.5, 0.6) is 0 Å². The van der Waals surface area contributed by atoms with Crippen molar-refractivity contribution in [3.05, 3.63) is 48.1 Å². The topological polar surface area (TPSA) is 71.3 Å². The van der Waals surface area contributed by atoms with Crippen LogP contribution in [0.25, 0.3) is 10.9 Å². The number of rotatable bonds is 7. The fraction of sp³-hybridized carbons (Fsp3) is 0.250. The number of halogens is 1. The number of carboxylic acid groups (broad SMARTS) is 1. The molecule has 0 bridgehead atoms. The maximum Gasteiger partial charge on any atom is 0.326 e. The third kappa shape index (κ3) is 3.89. The zero-order valence-electron chi connectivity index (χ0n) is 12.0.